The Bertz CT molecular complexity index is 920. The van der Waals surface area contributed by atoms with Crippen molar-refractivity contribution < 1.29 is 13.9 Å². The van der Waals surface area contributed by atoms with E-state index in [0.717, 1.165) is 11.1 Å². The van der Waals surface area contributed by atoms with Crippen molar-refractivity contribution in [2.75, 3.05) is 13.7 Å². The van der Waals surface area contributed by atoms with Gasteiger partial charge in [0.25, 0.3) is 5.89 Å². The lowest BCUT2D eigenvalue weighted by atomic mass is 10.2. The zero-order valence-corrected chi connectivity index (χ0v) is 14.9. The van der Waals surface area contributed by atoms with Gasteiger partial charge in [0.2, 0.25) is 5.89 Å². The van der Waals surface area contributed by atoms with Crippen molar-refractivity contribution in [3.05, 3.63) is 72.6 Å². The molecule has 0 amide bonds. The van der Waals surface area contributed by atoms with Gasteiger partial charge >= 0.3 is 0 Å². The molecule has 3 aromatic rings. The van der Waals surface area contributed by atoms with Crippen molar-refractivity contribution in [3.63, 3.8) is 0 Å². The van der Waals surface area contributed by atoms with E-state index in [1.54, 1.807) is 19.3 Å². The van der Waals surface area contributed by atoms with Crippen LogP contribution in [0.3, 0.4) is 0 Å². The number of halogens is 1. The second-order valence-electron chi connectivity index (χ2n) is 5.28. The summed E-state index contributed by atoms with van der Waals surface area (Å²) < 4.78 is 16.5. The summed E-state index contributed by atoms with van der Waals surface area (Å²) in [6.07, 6.45) is 3.40. The molecular weight excluding hydrogens is 352 g/mol. The highest BCUT2D eigenvalue weighted by molar-refractivity contribution is 6.50. The average molecular weight is 369 g/mol. The number of rotatable bonds is 7. The van der Waals surface area contributed by atoms with Gasteiger partial charge < -0.3 is 13.9 Å². The van der Waals surface area contributed by atoms with Gasteiger partial charge in [-0.05, 0) is 35.9 Å². The standard InChI is InChI=1S/C20H17ClN2O3/c1-3-11-25-17-10-9-14(13-18(17)24-2)12-16(21)20-23-22-19(26-20)15-7-5-4-6-8-15/h3-10,12-13H,1,11H2,2H3/b16-12-. The maximum Gasteiger partial charge on any atom is 0.259 e. The summed E-state index contributed by atoms with van der Waals surface area (Å²) in [4.78, 5) is 0. The summed E-state index contributed by atoms with van der Waals surface area (Å²) in [5, 5.41) is 8.37. The van der Waals surface area contributed by atoms with Gasteiger partial charge in [-0.1, -0.05) is 48.5 Å². The second-order valence-corrected chi connectivity index (χ2v) is 5.69. The number of benzene rings is 2. The molecule has 2 aromatic carbocycles. The molecule has 0 aliphatic carbocycles. The highest BCUT2D eigenvalue weighted by atomic mass is 35.5. The minimum Gasteiger partial charge on any atom is -0.493 e. The number of nitrogens with zero attached hydrogens (tertiary/aromatic N) is 2. The molecule has 0 aliphatic heterocycles. The molecule has 5 nitrogen and oxygen atoms in total. The molecule has 0 atom stereocenters. The van der Waals surface area contributed by atoms with Crippen molar-refractivity contribution in [1.82, 2.24) is 10.2 Å². The van der Waals surface area contributed by atoms with E-state index in [9.17, 15) is 0 Å². The van der Waals surface area contributed by atoms with Gasteiger partial charge in [0.1, 0.15) is 11.6 Å². The maximum absolute atomic E-state index is 6.34. The molecule has 0 spiro atoms. The Morgan fingerprint density at radius 3 is 2.69 bits per heavy atom. The van der Waals surface area contributed by atoms with Crippen LogP contribution < -0.4 is 9.47 Å². The van der Waals surface area contributed by atoms with E-state index in [1.807, 2.05) is 48.5 Å². The summed E-state index contributed by atoms with van der Waals surface area (Å²) in [5.74, 6) is 1.89. The molecule has 6 heteroatoms. The average Bonchev–Trinajstić information content (AvgIpc) is 3.18. The van der Waals surface area contributed by atoms with Crippen LogP contribution in [0.2, 0.25) is 0 Å². The first kappa shape index (κ1) is 17.8. The van der Waals surface area contributed by atoms with Gasteiger partial charge in [-0.2, -0.15) is 0 Å². The lowest BCUT2D eigenvalue weighted by molar-refractivity contribution is 0.326. The second kappa shape index (κ2) is 8.36. The third kappa shape index (κ3) is 4.13. The van der Waals surface area contributed by atoms with Crippen molar-refractivity contribution in [2.45, 2.75) is 0 Å². The third-order valence-electron chi connectivity index (χ3n) is 3.49. The summed E-state index contributed by atoms with van der Waals surface area (Å²) in [5.41, 5.74) is 1.65. The van der Waals surface area contributed by atoms with Gasteiger partial charge in [0.15, 0.2) is 11.5 Å². The minimum absolute atomic E-state index is 0.247. The van der Waals surface area contributed by atoms with Crippen LogP contribution >= 0.6 is 11.6 Å². The molecule has 0 saturated carbocycles. The lowest BCUT2D eigenvalue weighted by Gasteiger charge is -2.09. The summed E-state index contributed by atoms with van der Waals surface area (Å²) in [7, 11) is 1.58. The molecule has 0 aliphatic rings. The van der Waals surface area contributed by atoms with Crippen LogP contribution in [-0.4, -0.2) is 23.9 Å². The van der Waals surface area contributed by atoms with Gasteiger partial charge in [0.05, 0.1) is 7.11 Å². The quantitative estimate of drug-likeness (QED) is 0.546. The predicted molar refractivity (Wildman–Crippen MR) is 102 cm³/mol. The topological polar surface area (TPSA) is 57.4 Å². The van der Waals surface area contributed by atoms with Crippen LogP contribution in [-0.2, 0) is 0 Å². The first-order valence-corrected chi connectivity index (χ1v) is 8.27. The number of hydrogen-bond acceptors (Lipinski definition) is 5. The fourth-order valence-corrected chi connectivity index (χ4v) is 2.47. The molecular formula is C20H17ClN2O3. The van der Waals surface area contributed by atoms with Crippen molar-refractivity contribution >= 4 is 22.7 Å². The van der Waals surface area contributed by atoms with Gasteiger partial charge in [-0.25, -0.2) is 0 Å². The normalized spacial score (nSPS) is 11.2. The Morgan fingerprint density at radius 1 is 1.15 bits per heavy atom. The van der Waals surface area contributed by atoms with Crippen molar-refractivity contribution in [1.29, 1.82) is 0 Å². The van der Waals surface area contributed by atoms with E-state index in [2.05, 4.69) is 16.8 Å². The molecule has 0 bridgehead atoms. The SMILES string of the molecule is C=CCOc1ccc(/C=C(\Cl)c2nnc(-c3ccccc3)o2)cc1OC. The summed E-state index contributed by atoms with van der Waals surface area (Å²) >= 11 is 6.34. The first-order valence-electron chi connectivity index (χ1n) is 7.89. The zero-order valence-electron chi connectivity index (χ0n) is 14.2. The molecule has 0 unspecified atom stereocenters. The van der Waals surface area contributed by atoms with Crippen LogP contribution in [0.5, 0.6) is 11.5 Å². The van der Waals surface area contributed by atoms with Crippen LogP contribution in [0.1, 0.15) is 11.5 Å². The van der Waals surface area contributed by atoms with Gasteiger partial charge in [-0.15, -0.1) is 10.2 Å². The highest BCUT2D eigenvalue weighted by Gasteiger charge is 2.12. The molecule has 0 radical (unpaired) electrons. The third-order valence-corrected chi connectivity index (χ3v) is 3.76. The van der Waals surface area contributed by atoms with Crippen LogP contribution in [0.25, 0.3) is 22.6 Å². The monoisotopic (exact) mass is 368 g/mol. The molecule has 0 fully saturated rings. The molecule has 0 saturated heterocycles. The Kier molecular flexibility index (Phi) is 5.71. The first-order chi connectivity index (χ1) is 12.7. The van der Waals surface area contributed by atoms with E-state index in [-0.39, 0.29) is 5.89 Å². The number of hydrogen-bond donors (Lipinski definition) is 0. The van der Waals surface area contributed by atoms with Crippen molar-refractivity contribution in [2.24, 2.45) is 0 Å². The molecule has 3 rings (SSSR count). The number of methoxy groups -OCH3 is 1. The van der Waals surface area contributed by atoms with E-state index in [4.69, 9.17) is 25.5 Å². The lowest BCUT2D eigenvalue weighted by Crippen LogP contribution is -1.96. The van der Waals surface area contributed by atoms with Crippen LogP contribution in [0.15, 0.2) is 65.6 Å². The summed E-state index contributed by atoms with van der Waals surface area (Å²) in [6.45, 7) is 4.03. The highest BCUT2D eigenvalue weighted by Crippen LogP contribution is 2.31. The number of aromatic nitrogens is 2. The van der Waals surface area contributed by atoms with Crippen LogP contribution in [0.4, 0.5) is 0 Å². The predicted octanol–water partition coefficient (Wildman–Crippen LogP) is 5.05. The Labute approximate surface area is 156 Å². The molecule has 0 N–H and O–H groups in total. The van der Waals surface area contributed by atoms with E-state index >= 15 is 0 Å². The van der Waals surface area contributed by atoms with Gasteiger partial charge in [-0.3, -0.25) is 0 Å². The smallest absolute Gasteiger partial charge is 0.259 e. The van der Waals surface area contributed by atoms with Crippen molar-refractivity contribution in [3.8, 4) is 23.0 Å². The molecule has 1 aromatic heterocycles. The molecule has 26 heavy (non-hydrogen) atoms. The molecule has 132 valence electrons. The van der Waals surface area contributed by atoms with Crippen LogP contribution in [0, 0.1) is 0 Å². The minimum atomic E-state index is 0.247. The van der Waals surface area contributed by atoms with E-state index < -0.39 is 0 Å². The van der Waals surface area contributed by atoms with E-state index in [0.29, 0.717) is 29.0 Å². The van der Waals surface area contributed by atoms with E-state index in [1.165, 1.54) is 0 Å². The zero-order chi connectivity index (χ0) is 18.4. The maximum atomic E-state index is 6.34. The Balaban J connectivity index is 1.83. The summed E-state index contributed by atoms with van der Waals surface area (Å²) in [6, 6.07) is 15.0. The largest absolute Gasteiger partial charge is 0.493 e. The number of ether oxygens (including phenoxy) is 2. The molecule has 1 heterocycles. The fourth-order valence-electron chi connectivity index (χ4n) is 2.27. The fraction of sp³-hybridized carbons (Fsp3) is 0.100. The Hall–Kier alpha value is -3.05. The van der Waals surface area contributed by atoms with Gasteiger partial charge in [0, 0.05) is 5.56 Å². The Morgan fingerprint density at radius 2 is 1.96 bits per heavy atom.